The molecular weight excluding hydrogens is 330 g/mol. The predicted octanol–water partition coefficient (Wildman–Crippen LogP) is 4.11. The Morgan fingerprint density at radius 1 is 1.24 bits per heavy atom. The number of thiazole rings is 1. The number of pyridine rings is 1. The van der Waals surface area contributed by atoms with Crippen molar-refractivity contribution in [3.8, 4) is 10.6 Å². The summed E-state index contributed by atoms with van der Waals surface area (Å²) in [4.78, 5) is 21.8. The Morgan fingerprint density at radius 3 is 2.84 bits per heavy atom. The Hall–Kier alpha value is -2.53. The lowest BCUT2D eigenvalue weighted by molar-refractivity contribution is 0.0907. The lowest BCUT2D eigenvalue weighted by Gasteiger charge is -2.06. The van der Waals surface area contributed by atoms with Crippen molar-refractivity contribution in [2.45, 2.75) is 33.2 Å². The number of carbonyl (C=O) groups is 1. The number of aryl methyl sites for hydroxylation is 1. The molecule has 0 atom stereocenters. The van der Waals surface area contributed by atoms with Gasteiger partial charge in [0, 0.05) is 23.2 Å². The van der Waals surface area contributed by atoms with Crippen molar-refractivity contribution in [1.82, 2.24) is 9.55 Å². The normalized spacial score (nSPS) is 11.9. The third kappa shape index (κ3) is 4.31. The van der Waals surface area contributed by atoms with Crippen LogP contribution in [0.1, 0.15) is 29.9 Å². The fourth-order valence-corrected chi connectivity index (χ4v) is 3.37. The van der Waals surface area contributed by atoms with Crippen molar-refractivity contribution in [1.29, 1.82) is 0 Å². The van der Waals surface area contributed by atoms with Gasteiger partial charge in [-0.25, -0.2) is 4.98 Å². The summed E-state index contributed by atoms with van der Waals surface area (Å²) in [5.74, 6) is -0.0268. The van der Waals surface area contributed by atoms with Gasteiger partial charge in [-0.3, -0.25) is 14.4 Å². The van der Waals surface area contributed by atoms with E-state index in [0.717, 1.165) is 16.3 Å². The van der Waals surface area contributed by atoms with Gasteiger partial charge in [-0.2, -0.15) is 0 Å². The Balaban J connectivity index is 1.84. The van der Waals surface area contributed by atoms with Crippen LogP contribution >= 0.6 is 11.3 Å². The lowest BCUT2D eigenvalue weighted by Crippen LogP contribution is -2.28. The van der Waals surface area contributed by atoms with E-state index >= 15 is 0 Å². The van der Waals surface area contributed by atoms with Crippen LogP contribution in [0.5, 0.6) is 0 Å². The zero-order valence-electron chi connectivity index (χ0n) is 14.6. The average molecular weight is 351 g/mol. The molecule has 4 nitrogen and oxygen atoms in total. The van der Waals surface area contributed by atoms with Gasteiger partial charge >= 0.3 is 0 Å². The first-order chi connectivity index (χ1) is 12.0. The van der Waals surface area contributed by atoms with E-state index in [1.807, 2.05) is 49.6 Å². The Kier molecular flexibility index (Phi) is 5.24. The molecule has 2 aromatic heterocycles. The molecule has 0 aliphatic carbocycles. The van der Waals surface area contributed by atoms with Crippen molar-refractivity contribution < 1.29 is 4.79 Å². The highest BCUT2D eigenvalue weighted by atomic mass is 32.1. The van der Waals surface area contributed by atoms with Gasteiger partial charge in [0.1, 0.15) is 10.5 Å². The van der Waals surface area contributed by atoms with Crippen molar-refractivity contribution >= 4 is 17.2 Å². The highest BCUT2D eigenvalue weighted by Gasteiger charge is 2.11. The largest absolute Gasteiger partial charge is 0.274 e. The molecule has 2 heterocycles. The second-order valence-corrected chi connectivity index (χ2v) is 7.09. The van der Waals surface area contributed by atoms with Crippen LogP contribution in [0.25, 0.3) is 10.6 Å². The molecule has 0 spiro atoms. The van der Waals surface area contributed by atoms with Crippen LogP contribution in [-0.4, -0.2) is 21.5 Å². The summed E-state index contributed by atoms with van der Waals surface area (Å²) in [5, 5.41) is 2.90. The molecular formula is C20H21N3OS. The number of hydrogen-bond donors (Lipinski definition) is 0. The van der Waals surface area contributed by atoms with E-state index in [-0.39, 0.29) is 18.4 Å². The molecule has 0 bridgehead atoms. The van der Waals surface area contributed by atoms with E-state index in [1.54, 1.807) is 22.1 Å². The van der Waals surface area contributed by atoms with E-state index in [0.29, 0.717) is 5.49 Å². The van der Waals surface area contributed by atoms with Crippen LogP contribution in [0.2, 0.25) is 0 Å². The molecule has 0 aliphatic heterocycles. The molecule has 1 aromatic carbocycles. The van der Waals surface area contributed by atoms with Crippen LogP contribution in [-0.2, 0) is 6.42 Å². The first-order valence-corrected chi connectivity index (χ1v) is 9.17. The first-order valence-electron chi connectivity index (χ1n) is 8.29. The SMILES string of the molecule is Cc1cccc(-c2nc(CC(=O)n3ccccc3=NC(C)C)cs2)c1. The number of benzene rings is 1. The molecule has 25 heavy (non-hydrogen) atoms. The summed E-state index contributed by atoms with van der Waals surface area (Å²) in [5.41, 5.74) is 3.76. The maximum atomic E-state index is 12.7. The zero-order valence-corrected chi connectivity index (χ0v) is 15.5. The summed E-state index contributed by atoms with van der Waals surface area (Å²) >= 11 is 1.57. The fourth-order valence-electron chi connectivity index (χ4n) is 2.55. The van der Waals surface area contributed by atoms with E-state index < -0.39 is 0 Å². The summed E-state index contributed by atoms with van der Waals surface area (Å²) in [6.07, 6.45) is 2.02. The second kappa shape index (κ2) is 7.57. The minimum atomic E-state index is -0.0268. The molecule has 5 heteroatoms. The molecule has 3 rings (SSSR count). The van der Waals surface area contributed by atoms with Gasteiger partial charge in [-0.05, 0) is 39.0 Å². The highest BCUT2D eigenvalue weighted by Crippen LogP contribution is 2.24. The fraction of sp³-hybridized carbons (Fsp3) is 0.250. The molecule has 0 saturated heterocycles. The quantitative estimate of drug-likeness (QED) is 0.710. The summed E-state index contributed by atoms with van der Waals surface area (Å²) in [6.45, 7) is 6.06. The van der Waals surface area contributed by atoms with Gasteiger partial charge in [0.05, 0.1) is 12.1 Å². The van der Waals surface area contributed by atoms with Gasteiger partial charge in [-0.1, -0.05) is 29.8 Å². The number of rotatable bonds is 4. The predicted molar refractivity (Wildman–Crippen MR) is 102 cm³/mol. The maximum Gasteiger partial charge on any atom is 0.238 e. The molecule has 3 aromatic rings. The molecule has 0 unspecified atom stereocenters. The molecule has 0 fully saturated rings. The van der Waals surface area contributed by atoms with Gasteiger partial charge in [0.25, 0.3) is 0 Å². The van der Waals surface area contributed by atoms with E-state index in [2.05, 4.69) is 29.0 Å². The van der Waals surface area contributed by atoms with Crippen molar-refractivity contribution in [3.63, 3.8) is 0 Å². The van der Waals surface area contributed by atoms with Crippen LogP contribution in [0.3, 0.4) is 0 Å². The topological polar surface area (TPSA) is 47.2 Å². The van der Waals surface area contributed by atoms with E-state index in [9.17, 15) is 4.79 Å². The van der Waals surface area contributed by atoms with Crippen molar-refractivity contribution in [3.05, 3.63) is 70.8 Å². The number of aromatic nitrogens is 2. The van der Waals surface area contributed by atoms with Crippen LogP contribution in [0.15, 0.2) is 59.0 Å². The van der Waals surface area contributed by atoms with E-state index in [1.165, 1.54) is 5.56 Å². The maximum absolute atomic E-state index is 12.7. The molecule has 0 N–H and O–H groups in total. The Labute approximate surface area is 151 Å². The van der Waals surface area contributed by atoms with Gasteiger partial charge in [0.2, 0.25) is 5.91 Å². The van der Waals surface area contributed by atoms with E-state index in [4.69, 9.17) is 0 Å². The van der Waals surface area contributed by atoms with Gasteiger partial charge in [0.15, 0.2) is 0 Å². The third-order valence-electron chi connectivity index (χ3n) is 3.65. The second-order valence-electron chi connectivity index (χ2n) is 6.24. The van der Waals surface area contributed by atoms with Gasteiger partial charge in [-0.15, -0.1) is 11.3 Å². The smallest absolute Gasteiger partial charge is 0.238 e. The van der Waals surface area contributed by atoms with Crippen LogP contribution < -0.4 is 5.49 Å². The van der Waals surface area contributed by atoms with Crippen molar-refractivity contribution in [2.24, 2.45) is 4.99 Å². The summed E-state index contributed by atoms with van der Waals surface area (Å²) < 4.78 is 1.60. The van der Waals surface area contributed by atoms with Crippen molar-refractivity contribution in [2.75, 3.05) is 0 Å². The Bertz CT molecular complexity index is 953. The average Bonchev–Trinajstić information content (AvgIpc) is 3.03. The number of hydrogen-bond acceptors (Lipinski definition) is 4. The minimum Gasteiger partial charge on any atom is -0.274 e. The standard InChI is InChI=1S/C20H21N3OS/c1-14(2)21-18-9-4-5-10-23(18)19(24)12-17-13-25-20(22-17)16-8-6-7-15(3)11-16/h4-11,13-14H,12H2,1-3H3. The number of carbonyl (C=O) groups excluding carboxylic acids is 1. The lowest BCUT2D eigenvalue weighted by atomic mass is 10.1. The molecule has 0 radical (unpaired) electrons. The minimum absolute atomic E-state index is 0.0268. The third-order valence-corrected chi connectivity index (χ3v) is 4.59. The van der Waals surface area contributed by atoms with Gasteiger partial charge < -0.3 is 0 Å². The van der Waals surface area contributed by atoms with Crippen LogP contribution in [0, 0.1) is 6.92 Å². The summed E-state index contributed by atoms with van der Waals surface area (Å²) in [7, 11) is 0. The zero-order chi connectivity index (χ0) is 17.8. The molecule has 0 amide bonds. The number of nitrogens with zero attached hydrogens (tertiary/aromatic N) is 3. The molecule has 128 valence electrons. The summed E-state index contributed by atoms with van der Waals surface area (Å²) in [6, 6.07) is 14.0. The highest BCUT2D eigenvalue weighted by molar-refractivity contribution is 7.13. The first kappa shape index (κ1) is 17.3. The Morgan fingerprint density at radius 2 is 2.08 bits per heavy atom. The molecule has 0 saturated carbocycles. The van der Waals surface area contributed by atoms with Crippen LogP contribution in [0.4, 0.5) is 0 Å². The monoisotopic (exact) mass is 351 g/mol. The molecule has 0 aliphatic rings.